The zero-order chi connectivity index (χ0) is 47.8. The minimum Gasteiger partial charge on any atom is -0.394 e. The van der Waals surface area contributed by atoms with Gasteiger partial charge in [-0.1, -0.05) is 90.9 Å². The van der Waals surface area contributed by atoms with E-state index in [4.69, 9.17) is 37.9 Å². The Balaban J connectivity index is 1.53. The summed E-state index contributed by atoms with van der Waals surface area (Å²) in [6.45, 7) is 0.951. The van der Waals surface area contributed by atoms with Crippen LogP contribution in [0.15, 0.2) is 0 Å². The molecule has 0 aromatic rings. The van der Waals surface area contributed by atoms with Crippen LogP contribution in [0.4, 0.5) is 0 Å². The lowest BCUT2D eigenvalue weighted by molar-refractivity contribution is -0.365. The standard InChI is InChI=1S/C43H80O22/c1-3-5-7-9-11-13-15-43(16-14-12-10-8-6-4-2,21-58-39-35(56)31(52)37(25(19-46)62-39)64-41-33(54)29(50)27(48)23(17-44)60-41)22-59-40-36(57)32(53)38(26(20-47)63-40)65-42-34(55)30(51)28(49)24(18-45)61-42/h23-42,44-57H,3-22H2,1-2H3/t23?,24?,25?,26?,27-,28-,29+,30+,31-,32-,33?,34?,35?,36?,37-,38-,39-,40-,41-,42-/m1/s1. The number of aliphatic hydroxyl groups excluding tert-OH is 14. The van der Waals surface area contributed by atoms with E-state index < -0.39 is 155 Å². The molecule has 4 rings (SSSR count). The average Bonchev–Trinajstić information content (AvgIpc) is 3.30. The Kier molecular flexibility index (Phi) is 24.5. The maximum absolute atomic E-state index is 11.4. The highest BCUT2D eigenvalue weighted by atomic mass is 16.8. The first-order valence-electron chi connectivity index (χ1n) is 23.5. The van der Waals surface area contributed by atoms with Crippen LogP contribution in [-0.4, -0.2) is 234 Å². The second kappa shape index (κ2) is 28.1. The van der Waals surface area contributed by atoms with Crippen LogP contribution in [0.2, 0.25) is 0 Å². The topological polar surface area (TPSA) is 357 Å². The van der Waals surface area contributed by atoms with Crippen LogP contribution < -0.4 is 0 Å². The van der Waals surface area contributed by atoms with Crippen molar-refractivity contribution in [3.05, 3.63) is 0 Å². The normalized spacial score (nSPS) is 40.6. The van der Waals surface area contributed by atoms with E-state index in [1.165, 1.54) is 0 Å². The van der Waals surface area contributed by atoms with Crippen LogP contribution >= 0.6 is 0 Å². The fourth-order valence-electron chi connectivity index (χ4n) is 8.92. The third-order valence-corrected chi connectivity index (χ3v) is 13.1. The molecular formula is C43H80O22. The Labute approximate surface area is 380 Å². The van der Waals surface area contributed by atoms with Gasteiger partial charge in [0.1, 0.15) is 97.7 Å². The van der Waals surface area contributed by atoms with Crippen molar-refractivity contribution in [2.45, 2.75) is 227 Å². The van der Waals surface area contributed by atoms with Gasteiger partial charge in [0.15, 0.2) is 25.2 Å². The van der Waals surface area contributed by atoms with Crippen molar-refractivity contribution < 1.29 is 109 Å². The van der Waals surface area contributed by atoms with Crippen molar-refractivity contribution in [2.75, 3.05) is 39.6 Å². The van der Waals surface area contributed by atoms with E-state index in [2.05, 4.69) is 13.8 Å². The van der Waals surface area contributed by atoms with Crippen LogP contribution in [0.1, 0.15) is 104 Å². The summed E-state index contributed by atoms with van der Waals surface area (Å²) in [5.41, 5.74) is -0.867. The molecule has 0 saturated carbocycles. The highest BCUT2D eigenvalue weighted by molar-refractivity contribution is 4.96. The van der Waals surface area contributed by atoms with Gasteiger partial charge in [0.2, 0.25) is 0 Å². The van der Waals surface area contributed by atoms with Gasteiger partial charge in [0.25, 0.3) is 0 Å². The van der Waals surface area contributed by atoms with Gasteiger partial charge in [-0.05, 0) is 12.8 Å². The highest BCUT2D eigenvalue weighted by Crippen LogP contribution is 2.38. The van der Waals surface area contributed by atoms with Crippen LogP contribution in [0, 0.1) is 5.41 Å². The van der Waals surface area contributed by atoms with Crippen molar-refractivity contribution >= 4 is 0 Å². The molecule has 14 N–H and O–H groups in total. The van der Waals surface area contributed by atoms with E-state index in [0.717, 1.165) is 77.0 Å². The van der Waals surface area contributed by atoms with Gasteiger partial charge >= 0.3 is 0 Å². The van der Waals surface area contributed by atoms with Crippen molar-refractivity contribution in [1.82, 2.24) is 0 Å². The molecule has 4 heterocycles. The molecule has 0 aromatic carbocycles. The van der Waals surface area contributed by atoms with Gasteiger partial charge in [-0.25, -0.2) is 0 Å². The third-order valence-electron chi connectivity index (χ3n) is 13.1. The fourth-order valence-corrected chi connectivity index (χ4v) is 8.92. The lowest BCUT2D eigenvalue weighted by Crippen LogP contribution is -2.65. The average molecular weight is 949 g/mol. The van der Waals surface area contributed by atoms with Crippen molar-refractivity contribution in [3.63, 3.8) is 0 Å². The maximum atomic E-state index is 11.4. The largest absolute Gasteiger partial charge is 0.394 e. The Morgan fingerprint density at radius 1 is 0.354 bits per heavy atom. The Hall–Kier alpha value is -0.880. The SMILES string of the molecule is CCCCCCCCC(CCCCCCCC)(CO[C@@H]1OC(CO)[C@@H](O[C@H]2OC(CO)[C@@H](O)[C@H](O)C2O)[C@H](O)C1O)CO[C@@H]1OC(CO)[C@@H](O[C@H]2OC(CO)[C@@H](O)[C@H](O)C2O)[C@H](O)C1O. The molecule has 4 aliphatic rings. The summed E-state index contributed by atoms with van der Waals surface area (Å²) in [4.78, 5) is 0. The molecule has 4 aliphatic heterocycles. The molecule has 65 heavy (non-hydrogen) atoms. The number of hydrogen-bond acceptors (Lipinski definition) is 22. The van der Waals surface area contributed by atoms with Gasteiger partial charge in [-0.3, -0.25) is 0 Å². The van der Waals surface area contributed by atoms with Gasteiger partial charge in [0, 0.05) is 5.41 Å². The molecule has 4 fully saturated rings. The van der Waals surface area contributed by atoms with Crippen LogP contribution in [0.3, 0.4) is 0 Å². The van der Waals surface area contributed by atoms with Crippen LogP contribution in [0.5, 0.6) is 0 Å². The molecule has 20 atom stereocenters. The zero-order valence-corrected chi connectivity index (χ0v) is 37.7. The zero-order valence-electron chi connectivity index (χ0n) is 37.7. The van der Waals surface area contributed by atoms with Gasteiger partial charge in [-0.15, -0.1) is 0 Å². The summed E-state index contributed by atoms with van der Waals surface area (Å²) in [5, 5.41) is 147. The third kappa shape index (κ3) is 15.1. The Morgan fingerprint density at radius 3 is 1.00 bits per heavy atom. The number of unbranched alkanes of at least 4 members (excludes halogenated alkanes) is 10. The minimum atomic E-state index is -1.84. The summed E-state index contributed by atoms with van der Waals surface area (Å²) in [6.07, 6.45) is -20.3. The summed E-state index contributed by atoms with van der Waals surface area (Å²) >= 11 is 0. The lowest BCUT2D eigenvalue weighted by atomic mass is 9.79. The van der Waals surface area contributed by atoms with E-state index in [1.807, 2.05) is 0 Å². The monoisotopic (exact) mass is 949 g/mol. The molecule has 22 heteroatoms. The van der Waals surface area contributed by atoms with Gasteiger partial charge < -0.3 is 109 Å². The maximum Gasteiger partial charge on any atom is 0.187 e. The summed E-state index contributed by atoms with van der Waals surface area (Å²) < 4.78 is 46.7. The Bertz CT molecular complexity index is 1190. The second-order valence-corrected chi connectivity index (χ2v) is 18.2. The second-order valence-electron chi connectivity index (χ2n) is 18.2. The van der Waals surface area contributed by atoms with Crippen molar-refractivity contribution in [2.24, 2.45) is 5.41 Å². The molecule has 0 spiro atoms. The smallest absolute Gasteiger partial charge is 0.187 e. The molecule has 0 radical (unpaired) electrons. The molecule has 22 nitrogen and oxygen atoms in total. The molecule has 0 bridgehead atoms. The quantitative estimate of drug-likeness (QED) is 0.0343. The van der Waals surface area contributed by atoms with Crippen molar-refractivity contribution in [1.29, 1.82) is 0 Å². The molecule has 8 unspecified atom stereocenters. The minimum absolute atomic E-state index is 0.139. The van der Waals surface area contributed by atoms with Crippen LogP contribution in [0.25, 0.3) is 0 Å². The van der Waals surface area contributed by atoms with E-state index in [-0.39, 0.29) is 13.2 Å². The highest BCUT2D eigenvalue weighted by Gasteiger charge is 2.53. The number of aliphatic hydroxyl groups is 14. The molecule has 0 aromatic heterocycles. The summed E-state index contributed by atoms with van der Waals surface area (Å²) in [5.74, 6) is 0. The van der Waals surface area contributed by atoms with E-state index in [9.17, 15) is 71.5 Å². The molecule has 0 amide bonds. The molecule has 384 valence electrons. The predicted octanol–water partition coefficient (Wildman–Crippen LogP) is -3.24. The number of hydrogen-bond donors (Lipinski definition) is 14. The van der Waals surface area contributed by atoms with E-state index in [0.29, 0.717) is 12.8 Å². The van der Waals surface area contributed by atoms with E-state index >= 15 is 0 Å². The lowest BCUT2D eigenvalue weighted by Gasteiger charge is -2.47. The first-order chi connectivity index (χ1) is 31.1. The van der Waals surface area contributed by atoms with Crippen molar-refractivity contribution in [3.8, 4) is 0 Å². The predicted molar refractivity (Wildman–Crippen MR) is 223 cm³/mol. The molecular weight excluding hydrogens is 868 g/mol. The molecule has 4 saturated heterocycles. The summed E-state index contributed by atoms with van der Waals surface area (Å²) in [6, 6.07) is 0. The van der Waals surface area contributed by atoms with E-state index in [1.54, 1.807) is 0 Å². The number of ether oxygens (including phenoxy) is 8. The fraction of sp³-hybridized carbons (Fsp3) is 1.00. The Morgan fingerprint density at radius 2 is 0.662 bits per heavy atom. The van der Waals surface area contributed by atoms with Gasteiger partial charge in [-0.2, -0.15) is 0 Å². The molecule has 0 aliphatic carbocycles. The van der Waals surface area contributed by atoms with Gasteiger partial charge in [0.05, 0.1) is 39.6 Å². The summed E-state index contributed by atoms with van der Waals surface area (Å²) in [7, 11) is 0. The number of rotatable bonds is 28. The first kappa shape index (κ1) is 56.7. The van der Waals surface area contributed by atoms with Crippen LogP contribution in [-0.2, 0) is 37.9 Å². The first-order valence-corrected chi connectivity index (χ1v) is 23.5.